The monoisotopic (exact) mass is 250 g/mol. The second-order valence-electron chi connectivity index (χ2n) is 5.11. The van der Waals surface area contributed by atoms with E-state index < -0.39 is 11.6 Å². The maximum absolute atomic E-state index is 13.1. The average molecular weight is 250 g/mol. The fourth-order valence-electron chi connectivity index (χ4n) is 1.74. The molecule has 18 heavy (non-hydrogen) atoms. The minimum absolute atomic E-state index is 0.185. The molecule has 0 amide bonds. The number of nitrogens with one attached hydrogen (secondary N) is 1. The van der Waals surface area contributed by atoms with Gasteiger partial charge in [0.25, 0.3) is 0 Å². The van der Waals surface area contributed by atoms with E-state index in [1.807, 2.05) is 0 Å². The van der Waals surface area contributed by atoms with Crippen LogP contribution in [0.5, 0.6) is 0 Å². The zero-order chi connectivity index (χ0) is 13.5. The Bertz CT molecular complexity index is 611. The third kappa shape index (κ3) is 2.30. The highest BCUT2D eigenvalue weighted by Gasteiger charge is 2.23. The van der Waals surface area contributed by atoms with Crippen LogP contribution in [0, 0.1) is 5.82 Å². The third-order valence-corrected chi connectivity index (χ3v) is 2.39. The van der Waals surface area contributed by atoms with E-state index in [0.29, 0.717) is 10.9 Å². The summed E-state index contributed by atoms with van der Waals surface area (Å²) < 4.78 is 18.3. The summed E-state index contributed by atoms with van der Waals surface area (Å²) in [7, 11) is 0. The van der Waals surface area contributed by atoms with Crippen LogP contribution in [-0.2, 0) is 4.74 Å². The second kappa shape index (κ2) is 4.01. The molecule has 0 atom stereocenters. The molecule has 3 N–H and O–H groups in total. The largest absolute Gasteiger partial charge is 0.456 e. The summed E-state index contributed by atoms with van der Waals surface area (Å²) in [6.45, 7) is 5.32. The molecule has 0 unspecified atom stereocenters. The summed E-state index contributed by atoms with van der Waals surface area (Å²) >= 11 is 0. The Balaban J connectivity index is 2.51. The van der Waals surface area contributed by atoms with E-state index in [-0.39, 0.29) is 17.2 Å². The summed E-state index contributed by atoms with van der Waals surface area (Å²) in [5.41, 5.74) is 5.87. The topological polar surface area (TPSA) is 68.1 Å². The molecule has 2 rings (SSSR count). The van der Waals surface area contributed by atoms with Gasteiger partial charge in [-0.25, -0.2) is 9.18 Å². The van der Waals surface area contributed by atoms with Crippen LogP contribution in [0.25, 0.3) is 10.9 Å². The number of anilines is 1. The van der Waals surface area contributed by atoms with E-state index >= 15 is 0 Å². The number of aromatic amines is 1. The molecule has 0 aliphatic carbocycles. The minimum Gasteiger partial charge on any atom is -0.456 e. The lowest BCUT2D eigenvalue weighted by molar-refractivity contribution is 0.00732. The van der Waals surface area contributed by atoms with Crippen molar-refractivity contribution in [1.29, 1.82) is 0 Å². The molecule has 1 heterocycles. The van der Waals surface area contributed by atoms with Crippen LogP contribution in [0.3, 0.4) is 0 Å². The normalized spacial score (nSPS) is 11.8. The first-order chi connectivity index (χ1) is 8.28. The van der Waals surface area contributed by atoms with Gasteiger partial charge < -0.3 is 15.5 Å². The van der Waals surface area contributed by atoms with Gasteiger partial charge >= 0.3 is 5.97 Å². The second-order valence-corrected chi connectivity index (χ2v) is 5.11. The summed E-state index contributed by atoms with van der Waals surface area (Å²) in [5, 5.41) is 0.558. The van der Waals surface area contributed by atoms with Crippen molar-refractivity contribution >= 4 is 22.7 Å². The highest BCUT2D eigenvalue weighted by Crippen LogP contribution is 2.27. The number of H-pyrrole nitrogens is 1. The molecule has 0 aliphatic heterocycles. The van der Waals surface area contributed by atoms with Crippen molar-refractivity contribution in [2.45, 2.75) is 26.4 Å². The number of benzene rings is 1. The lowest BCUT2D eigenvalue weighted by atomic mass is 10.1. The molecular formula is C13H15FN2O2. The van der Waals surface area contributed by atoms with Gasteiger partial charge in [0.15, 0.2) is 0 Å². The van der Waals surface area contributed by atoms with Gasteiger partial charge in [0.2, 0.25) is 0 Å². The number of esters is 1. The molecule has 0 bridgehead atoms. The van der Waals surface area contributed by atoms with Crippen LogP contribution in [0.4, 0.5) is 10.2 Å². The number of carbonyl (C=O) groups is 1. The SMILES string of the molecule is CC(C)(C)OC(=O)c1c(N)[nH]c2cc(F)ccc12. The van der Waals surface area contributed by atoms with Gasteiger partial charge in [-0.3, -0.25) is 0 Å². The van der Waals surface area contributed by atoms with Crippen LogP contribution in [0.15, 0.2) is 18.2 Å². The van der Waals surface area contributed by atoms with Crippen LogP contribution in [0.2, 0.25) is 0 Å². The molecule has 0 saturated heterocycles. The van der Waals surface area contributed by atoms with Crippen LogP contribution in [-0.4, -0.2) is 16.6 Å². The standard InChI is InChI=1S/C13H15FN2O2/c1-13(2,3)18-12(17)10-8-5-4-7(14)6-9(8)16-11(10)15/h4-6,16H,15H2,1-3H3. The first-order valence-electron chi connectivity index (χ1n) is 5.58. The zero-order valence-corrected chi connectivity index (χ0v) is 10.5. The molecular weight excluding hydrogens is 235 g/mol. The molecule has 1 aromatic carbocycles. The van der Waals surface area contributed by atoms with E-state index in [2.05, 4.69) is 4.98 Å². The molecule has 0 radical (unpaired) electrons. The Kier molecular flexibility index (Phi) is 2.77. The van der Waals surface area contributed by atoms with Crippen molar-refractivity contribution in [2.24, 2.45) is 0 Å². The van der Waals surface area contributed by atoms with Gasteiger partial charge in [0.1, 0.15) is 22.8 Å². The number of nitrogens with two attached hydrogens (primary N) is 1. The number of carbonyl (C=O) groups excluding carboxylic acids is 1. The van der Waals surface area contributed by atoms with Crippen molar-refractivity contribution in [1.82, 2.24) is 4.98 Å². The van der Waals surface area contributed by atoms with Gasteiger partial charge in [-0.1, -0.05) is 0 Å². The molecule has 2 aromatic rings. The number of hydrogen-bond acceptors (Lipinski definition) is 3. The van der Waals surface area contributed by atoms with Crippen LogP contribution < -0.4 is 5.73 Å². The minimum atomic E-state index is -0.604. The van der Waals surface area contributed by atoms with Crippen molar-refractivity contribution < 1.29 is 13.9 Å². The number of aromatic nitrogens is 1. The van der Waals surface area contributed by atoms with Crippen molar-refractivity contribution in [2.75, 3.05) is 5.73 Å². The summed E-state index contributed by atoms with van der Waals surface area (Å²) in [6.07, 6.45) is 0. The Labute approximate surface area is 104 Å². The van der Waals surface area contributed by atoms with E-state index in [4.69, 9.17) is 10.5 Å². The molecule has 0 aliphatic rings. The highest BCUT2D eigenvalue weighted by atomic mass is 19.1. The Morgan fingerprint density at radius 1 is 1.39 bits per heavy atom. The zero-order valence-electron chi connectivity index (χ0n) is 10.5. The third-order valence-electron chi connectivity index (χ3n) is 2.39. The van der Waals surface area contributed by atoms with E-state index in [1.165, 1.54) is 18.2 Å². The van der Waals surface area contributed by atoms with E-state index in [0.717, 1.165) is 0 Å². The quantitative estimate of drug-likeness (QED) is 0.765. The molecule has 1 aromatic heterocycles. The number of nitrogen functional groups attached to an aromatic ring is 1. The number of fused-ring (bicyclic) bond motifs is 1. The van der Waals surface area contributed by atoms with E-state index in [9.17, 15) is 9.18 Å². The van der Waals surface area contributed by atoms with Crippen molar-refractivity contribution in [3.05, 3.63) is 29.6 Å². The Morgan fingerprint density at radius 2 is 2.06 bits per heavy atom. The van der Waals surface area contributed by atoms with Gasteiger partial charge in [0.05, 0.1) is 5.52 Å². The van der Waals surface area contributed by atoms with Crippen LogP contribution >= 0.6 is 0 Å². The molecule has 5 heteroatoms. The number of ether oxygens (including phenoxy) is 1. The lowest BCUT2D eigenvalue weighted by Crippen LogP contribution is -2.24. The van der Waals surface area contributed by atoms with Crippen LogP contribution in [0.1, 0.15) is 31.1 Å². The predicted molar refractivity (Wildman–Crippen MR) is 67.8 cm³/mol. The van der Waals surface area contributed by atoms with Crippen molar-refractivity contribution in [3.8, 4) is 0 Å². The summed E-state index contributed by atoms with van der Waals surface area (Å²) in [6, 6.07) is 4.08. The lowest BCUT2D eigenvalue weighted by Gasteiger charge is -2.19. The summed E-state index contributed by atoms with van der Waals surface area (Å²) in [5.74, 6) is -0.720. The van der Waals surface area contributed by atoms with Gasteiger partial charge in [-0.2, -0.15) is 0 Å². The van der Waals surface area contributed by atoms with Crippen molar-refractivity contribution in [3.63, 3.8) is 0 Å². The first-order valence-corrected chi connectivity index (χ1v) is 5.58. The summed E-state index contributed by atoms with van der Waals surface area (Å²) in [4.78, 5) is 14.8. The number of hydrogen-bond donors (Lipinski definition) is 2. The van der Waals surface area contributed by atoms with Gasteiger partial charge in [0, 0.05) is 5.39 Å². The average Bonchev–Trinajstić information content (AvgIpc) is 2.50. The number of halogens is 1. The highest BCUT2D eigenvalue weighted by molar-refractivity contribution is 6.09. The fraction of sp³-hybridized carbons (Fsp3) is 0.308. The predicted octanol–water partition coefficient (Wildman–Crippen LogP) is 2.84. The maximum atomic E-state index is 13.1. The smallest absolute Gasteiger partial charge is 0.343 e. The first kappa shape index (κ1) is 12.4. The van der Waals surface area contributed by atoms with E-state index in [1.54, 1.807) is 20.8 Å². The van der Waals surface area contributed by atoms with Gasteiger partial charge in [-0.15, -0.1) is 0 Å². The fourth-order valence-corrected chi connectivity index (χ4v) is 1.74. The molecule has 0 saturated carbocycles. The molecule has 96 valence electrons. The molecule has 0 fully saturated rings. The number of rotatable bonds is 1. The molecule has 4 nitrogen and oxygen atoms in total. The van der Waals surface area contributed by atoms with Gasteiger partial charge in [-0.05, 0) is 39.0 Å². The maximum Gasteiger partial charge on any atom is 0.343 e. The Hall–Kier alpha value is -2.04. The molecule has 0 spiro atoms. The Morgan fingerprint density at radius 3 is 2.67 bits per heavy atom.